The maximum absolute atomic E-state index is 13.8. The third-order valence-corrected chi connectivity index (χ3v) is 5.10. The summed E-state index contributed by atoms with van der Waals surface area (Å²) in [5.74, 6) is -1.41. The Balaban J connectivity index is 1.52. The van der Waals surface area contributed by atoms with Crippen molar-refractivity contribution in [2.24, 2.45) is 0 Å². The SMILES string of the molecule is N#CC1(NC(=O)c2cc3c(F)cccc3[nH]2)CCC2(CC1)OCCO2. The summed E-state index contributed by atoms with van der Waals surface area (Å²) in [5.41, 5.74) is -0.178. The van der Waals surface area contributed by atoms with Gasteiger partial charge in [-0.1, -0.05) is 6.07 Å². The van der Waals surface area contributed by atoms with E-state index in [9.17, 15) is 14.4 Å². The van der Waals surface area contributed by atoms with Crippen molar-refractivity contribution in [3.8, 4) is 6.07 Å². The van der Waals surface area contributed by atoms with Gasteiger partial charge in [0, 0.05) is 23.7 Å². The van der Waals surface area contributed by atoms with Crippen LogP contribution in [0.1, 0.15) is 36.2 Å². The highest BCUT2D eigenvalue weighted by atomic mass is 19.1. The van der Waals surface area contributed by atoms with Crippen LogP contribution in [0.2, 0.25) is 0 Å². The predicted octanol–water partition coefficient (Wildman–Crippen LogP) is 2.62. The molecule has 2 fully saturated rings. The normalized spacial score (nSPS) is 21.3. The number of ether oxygens (including phenoxy) is 2. The molecule has 1 aromatic heterocycles. The number of benzene rings is 1. The quantitative estimate of drug-likeness (QED) is 0.877. The Bertz CT molecular complexity index is 854. The van der Waals surface area contributed by atoms with Gasteiger partial charge < -0.3 is 19.8 Å². The van der Waals surface area contributed by atoms with Gasteiger partial charge in [-0.25, -0.2) is 4.39 Å². The van der Waals surface area contributed by atoms with E-state index in [-0.39, 0.29) is 5.69 Å². The fourth-order valence-corrected chi connectivity index (χ4v) is 3.63. The number of H-pyrrole nitrogens is 1. The number of hydrogen-bond donors (Lipinski definition) is 2. The smallest absolute Gasteiger partial charge is 0.268 e. The van der Waals surface area contributed by atoms with Crippen LogP contribution in [0.4, 0.5) is 4.39 Å². The van der Waals surface area contributed by atoms with Crippen LogP contribution < -0.4 is 5.32 Å². The molecule has 1 spiro atoms. The first-order chi connectivity index (χ1) is 12.0. The number of aromatic amines is 1. The molecule has 0 atom stereocenters. The molecule has 1 aliphatic heterocycles. The van der Waals surface area contributed by atoms with Crippen molar-refractivity contribution in [2.45, 2.75) is 37.0 Å². The number of rotatable bonds is 2. The molecule has 7 heteroatoms. The molecule has 4 rings (SSSR count). The molecule has 1 saturated carbocycles. The molecule has 2 N–H and O–H groups in total. The van der Waals surface area contributed by atoms with Gasteiger partial charge >= 0.3 is 0 Å². The van der Waals surface area contributed by atoms with Crippen LogP contribution in [0.3, 0.4) is 0 Å². The van der Waals surface area contributed by atoms with E-state index in [1.807, 2.05) is 0 Å². The Morgan fingerprint density at radius 2 is 1.96 bits per heavy atom. The number of halogens is 1. The number of nitriles is 1. The Morgan fingerprint density at radius 3 is 2.60 bits per heavy atom. The molecule has 1 saturated heterocycles. The molecule has 6 nitrogen and oxygen atoms in total. The fourth-order valence-electron chi connectivity index (χ4n) is 3.63. The first kappa shape index (κ1) is 16.1. The van der Waals surface area contributed by atoms with Crippen LogP contribution in [0.25, 0.3) is 10.9 Å². The minimum Gasteiger partial charge on any atom is -0.350 e. The summed E-state index contributed by atoms with van der Waals surface area (Å²) in [6.45, 7) is 1.12. The van der Waals surface area contributed by atoms with Crippen LogP contribution in [-0.2, 0) is 9.47 Å². The van der Waals surface area contributed by atoms with E-state index in [0.29, 0.717) is 49.8 Å². The second-order valence-corrected chi connectivity index (χ2v) is 6.64. The molecule has 0 unspecified atom stereocenters. The van der Waals surface area contributed by atoms with Crippen molar-refractivity contribution < 1.29 is 18.7 Å². The number of fused-ring (bicyclic) bond motifs is 1. The number of carbonyl (C=O) groups excluding carboxylic acids is 1. The Morgan fingerprint density at radius 1 is 1.24 bits per heavy atom. The van der Waals surface area contributed by atoms with E-state index < -0.39 is 23.1 Å². The zero-order chi connectivity index (χ0) is 17.5. The van der Waals surface area contributed by atoms with Crippen molar-refractivity contribution in [3.63, 3.8) is 0 Å². The van der Waals surface area contributed by atoms with Crippen molar-refractivity contribution in [1.82, 2.24) is 10.3 Å². The molecule has 2 aliphatic rings. The topological polar surface area (TPSA) is 87.1 Å². The van der Waals surface area contributed by atoms with Gasteiger partial charge in [-0.15, -0.1) is 0 Å². The Kier molecular flexibility index (Phi) is 3.74. The van der Waals surface area contributed by atoms with Crippen LogP contribution in [-0.4, -0.2) is 35.4 Å². The highest BCUT2D eigenvalue weighted by Gasteiger charge is 2.47. The zero-order valence-electron chi connectivity index (χ0n) is 13.6. The number of nitrogens with one attached hydrogen (secondary N) is 2. The maximum Gasteiger partial charge on any atom is 0.268 e. The number of amides is 1. The first-order valence-electron chi connectivity index (χ1n) is 8.34. The average Bonchev–Trinajstić information content (AvgIpc) is 3.26. The number of hydrogen-bond acceptors (Lipinski definition) is 4. The van der Waals surface area contributed by atoms with Crippen LogP contribution in [0, 0.1) is 17.1 Å². The molecule has 2 heterocycles. The third kappa shape index (κ3) is 2.77. The van der Waals surface area contributed by atoms with Gasteiger partial charge in [0.15, 0.2) is 5.79 Å². The van der Waals surface area contributed by atoms with Crippen LogP contribution in [0.15, 0.2) is 24.3 Å². The van der Waals surface area contributed by atoms with Gasteiger partial charge in [0.25, 0.3) is 5.91 Å². The number of nitrogens with zero attached hydrogens (tertiary/aromatic N) is 1. The van der Waals surface area contributed by atoms with Gasteiger partial charge in [-0.05, 0) is 31.0 Å². The van der Waals surface area contributed by atoms with Crippen LogP contribution in [0.5, 0.6) is 0 Å². The number of aromatic nitrogens is 1. The standard InChI is InChI=1S/C18H18FN3O3/c19-13-2-1-3-14-12(13)10-15(21-14)16(23)22-17(11-20)4-6-18(7-5-17)24-8-9-25-18/h1-3,10,21H,4-9H2,(H,22,23). The summed E-state index contributed by atoms with van der Waals surface area (Å²) in [5, 5.41) is 12.8. The summed E-state index contributed by atoms with van der Waals surface area (Å²) in [6, 6.07) is 8.33. The van der Waals surface area contributed by atoms with Crippen LogP contribution >= 0.6 is 0 Å². The molecule has 0 radical (unpaired) electrons. The van der Waals surface area contributed by atoms with Crippen molar-refractivity contribution in [1.29, 1.82) is 5.26 Å². The molecule has 130 valence electrons. The van der Waals surface area contributed by atoms with Gasteiger partial charge in [-0.3, -0.25) is 4.79 Å². The molecule has 1 aliphatic carbocycles. The van der Waals surface area contributed by atoms with Gasteiger partial charge in [0.1, 0.15) is 17.1 Å². The van der Waals surface area contributed by atoms with E-state index in [1.165, 1.54) is 12.1 Å². The lowest BCUT2D eigenvalue weighted by molar-refractivity contribution is -0.182. The minimum absolute atomic E-state index is 0.239. The van der Waals surface area contributed by atoms with E-state index in [0.717, 1.165) is 0 Å². The summed E-state index contributed by atoms with van der Waals surface area (Å²) >= 11 is 0. The zero-order valence-corrected chi connectivity index (χ0v) is 13.6. The Labute approximate surface area is 143 Å². The second kappa shape index (κ2) is 5.83. The van der Waals surface area contributed by atoms with E-state index in [2.05, 4.69) is 16.4 Å². The molecule has 1 amide bonds. The van der Waals surface area contributed by atoms with E-state index in [4.69, 9.17) is 9.47 Å². The van der Waals surface area contributed by atoms with Crippen molar-refractivity contribution >= 4 is 16.8 Å². The minimum atomic E-state index is -0.965. The van der Waals surface area contributed by atoms with Gasteiger partial charge in [0.2, 0.25) is 0 Å². The highest BCUT2D eigenvalue weighted by Crippen LogP contribution is 2.40. The lowest BCUT2D eigenvalue weighted by Gasteiger charge is -2.39. The fraction of sp³-hybridized carbons (Fsp3) is 0.444. The first-order valence-corrected chi connectivity index (χ1v) is 8.34. The summed E-state index contributed by atoms with van der Waals surface area (Å²) in [6.07, 6.45) is 2.01. The summed E-state index contributed by atoms with van der Waals surface area (Å²) < 4.78 is 25.1. The Hall–Kier alpha value is -2.43. The molecule has 2 aromatic rings. The number of carbonyl (C=O) groups is 1. The average molecular weight is 343 g/mol. The molecule has 25 heavy (non-hydrogen) atoms. The predicted molar refractivity (Wildman–Crippen MR) is 87.2 cm³/mol. The lowest BCUT2D eigenvalue weighted by Crippen LogP contribution is -2.53. The third-order valence-electron chi connectivity index (χ3n) is 5.10. The molecule has 0 bridgehead atoms. The highest BCUT2D eigenvalue weighted by molar-refractivity contribution is 5.98. The molecule has 1 aromatic carbocycles. The lowest BCUT2D eigenvalue weighted by atomic mass is 9.79. The van der Waals surface area contributed by atoms with Gasteiger partial charge in [-0.2, -0.15) is 5.26 Å². The second-order valence-electron chi connectivity index (χ2n) is 6.64. The van der Waals surface area contributed by atoms with Crippen molar-refractivity contribution in [3.05, 3.63) is 35.8 Å². The largest absolute Gasteiger partial charge is 0.350 e. The van der Waals surface area contributed by atoms with E-state index >= 15 is 0 Å². The summed E-state index contributed by atoms with van der Waals surface area (Å²) in [7, 11) is 0. The molecular weight excluding hydrogens is 325 g/mol. The maximum atomic E-state index is 13.8. The molecular formula is C18H18FN3O3. The van der Waals surface area contributed by atoms with Crippen molar-refractivity contribution in [2.75, 3.05) is 13.2 Å². The van der Waals surface area contributed by atoms with Gasteiger partial charge in [0.05, 0.1) is 19.3 Å². The monoisotopic (exact) mass is 343 g/mol. The van der Waals surface area contributed by atoms with E-state index in [1.54, 1.807) is 12.1 Å². The summed E-state index contributed by atoms with van der Waals surface area (Å²) in [4.78, 5) is 15.5.